The highest BCUT2D eigenvalue weighted by atomic mass is 19.1. The average Bonchev–Trinajstić information content (AvgIpc) is 2.49. The molecule has 5 nitrogen and oxygen atoms in total. The van der Waals surface area contributed by atoms with Gasteiger partial charge in [-0.15, -0.1) is 0 Å². The molecular weight excluding hydrogens is 311 g/mol. The average molecular weight is 338 g/mol. The number of hydrogen-bond donors (Lipinski definition) is 1. The maximum atomic E-state index is 12.8. The van der Waals surface area contributed by atoms with E-state index in [0.29, 0.717) is 6.54 Å². The summed E-state index contributed by atoms with van der Waals surface area (Å²) in [6, 6.07) is 5.69. The fourth-order valence-corrected chi connectivity index (χ4v) is 1.97. The highest BCUT2D eigenvalue weighted by molar-refractivity contribution is 5.85. The summed E-state index contributed by atoms with van der Waals surface area (Å²) in [4.78, 5) is 25.3. The van der Waals surface area contributed by atoms with Crippen LogP contribution in [0.15, 0.2) is 24.3 Å². The molecule has 0 aliphatic carbocycles. The number of hydrogen-bond acceptors (Lipinski definition) is 3. The van der Waals surface area contributed by atoms with Crippen LogP contribution in [0.3, 0.4) is 0 Å². The number of rotatable bonds is 6. The quantitative estimate of drug-likeness (QED) is 0.811. The molecule has 0 saturated heterocycles. The molecule has 0 unspecified atom stereocenters. The van der Waals surface area contributed by atoms with Crippen LogP contribution in [-0.2, 0) is 16.0 Å². The van der Waals surface area contributed by atoms with Crippen LogP contribution in [0, 0.1) is 5.82 Å². The van der Waals surface area contributed by atoms with E-state index in [-0.39, 0.29) is 11.7 Å². The Balaban J connectivity index is 2.35. The lowest BCUT2D eigenvalue weighted by Gasteiger charge is -2.28. The van der Waals surface area contributed by atoms with Gasteiger partial charge in [-0.05, 0) is 58.2 Å². The second kappa shape index (κ2) is 8.66. The predicted octanol–water partition coefficient (Wildman–Crippen LogP) is 3.13. The first kappa shape index (κ1) is 19.9. The Kier molecular flexibility index (Phi) is 7.19. The number of carbonyl (C=O) groups excluding carboxylic acids is 2. The van der Waals surface area contributed by atoms with Crippen molar-refractivity contribution in [1.29, 1.82) is 0 Å². The molecule has 0 aliphatic heterocycles. The van der Waals surface area contributed by atoms with Gasteiger partial charge in [0.05, 0.1) is 0 Å². The highest BCUT2D eigenvalue weighted by Crippen LogP contribution is 2.11. The summed E-state index contributed by atoms with van der Waals surface area (Å²) in [5, 5.41) is 2.80. The fourth-order valence-electron chi connectivity index (χ4n) is 1.97. The van der Waals surface area contributed by atoms with Gasteiger partial charge in [0.25, 0.3) is 0 Å². The van der Waals surface area contributed by atoms with Crippen molar-refractivity contribution in [2.24, 2.45) is 0 Å². The van der Waals surface area contributed by atoms with Crippen molar-refractivity contribution >= 4 is 12.0 Å². The summed E-state index contributed by atoms with van der Waals surface area (Å²) in [5.41, 5.74) is 0.418. The van der Waals surface area contributed by atoms with E-state index in [4.69, 9.17) is 4.74 Å². The molecule has 0 spiro atoms. The van der Waals surface area contributed by atoms with Gasteiger partial charge in [0, 0.05) is 13.6 Å². The minimum Gasteiger partial charge on any atom is -0.444 e. The zero-order valence-corrected chi connectivity index (χ0v) is 15.1. The minimum absolute atomic E-state index is 0.234. The van der Waals surface area contributed by atoms with Gasteiger partial charge in [0.1, 0.15) is 17.5 Å². The van der Waals surface area contributed by atoms with E-state index in [1.54, 1.807) is 39.8 Å². The third-order valence-electron chi connectivity index (χ3n) is 3.50. The molecule has 1 rings (SSSR count). The molecule has 0 aliphatic rings. The van der Waals surface area contributed by atoms with Crippen LogP contribution in [0.5, 0.6) is 0 Å². The van der Waals surface area contributed by atoms with Gasteiger partial charge in [-0.25, -0.2) is 9.18 Å². The Morgan fingerprint density at radius 2 is 1.83 bits per heavy atom. The number of halogens is 1. The molecule has 1 atom stereocenters. The number of nitrogens with zero attached hydrogens (tertiary/aromatic N) is 1. The lowest BCUT2D eigenvalue weighted by Crippen LogP contribution is -2.47. The van der Waals surface area contributed by atoms with E-state index in [9.17, 15) is 14.0 Å². The van der Waals surface area contributed by atoms with Crippen LogP contribution in [0.4, 0.5) is 9.18 Å². The normalized spacial score (nSPS) is 12.4. The second-order valence-electron chi connectivity index (χ2n) is 6.79. The van der Waals surface area contributed by atoms with E-state index < -0.39 is 17.7 Å². The number of aryl methyl sites for hydroxylation is 1. The van der Waals surface area contributed by atoms with Crippen LogP contribution in [0.1, 0.15) is 39.7 Å². The predicted molar refractivity (Wildman–Crippen MR) is 91.2 cm³/mol. The third kappa shape index (κ3) is 6.98. The van der Waals surface area contributed by atoms with Crippen molar-refractivity contribution in [3.8, 4) is 0 Å². The summed E-state index contributed by atoms with van der Waals surface area (Å²) in [7, 11) is 1.54. The first-order chi connectivity index (χ1) is 11.1. The Morgan fingerprint density at radius 3 is 2.38 bits per heavy atom. The third-order valence-corrected chi connectivity index (χ3v) is 3.50. The van der Waals surface area contributed by atoms with Crippen molar-refractivity contribution in [2.45, 2.75) is 52.2 Å². The van der Waals surface area contributed by atoms with Gasteiger partial charge in [0.15, 0.2) is 0 Å². The zero-order valence-electron chi connectivity index (χ0n) is 15.1. The summed E-state index contributed by atoms with van der Waals surface area (Å²) >= 11 is 0. The number of carbonyl (C=O) groups is 2. The Bertz CT molecular complexity index is 552. The van der Waals surface area contributed by atoms with Crippen LogP contribution >= 0.6 is 0 Å². The fraction of sp³-hybridized carbons (Fsp3) is 0.556. The summed E-state index contributed by atoms with van der Waals surface area (Å²) < 4.78 is 18.1. The molecule has 134 valence electrons. The monoisotopic (exact) mass is 338 g/mol. The van der Waals surface area contributed by atoms with E-state index in [2.05, 4.69) is 5.32 Å². The van der Waals surface area contributed by atoms with E-state index in [1.165, 1.54) is 24.1 Å². The molecule has 1 N–H and O–H groups in total. The van der Waals surface area contributed by atoms with E-state index in [1.807, 2.05) is 0 Å². The summed E-state index contributed by atoms with van der Waals surface area (Å²) in [5.74, 6) is -0.492. The van der Waals surface area contributed by atoms with Gasteiger partial charge in [-0.1, -0.05) is 12.1 Å². The van der Waals surface area contributed by atoms with Crippen LogP contribution < -0.4 is 5.32 Å². The highest BCUT2D eigenvalue weighted by Gasteiger charge is 2.26. The van der Waals surface area contributed by atoms with Gasteiger partial charge in [0.2, 0.25) is 5.91 Å². The van der Waals surface area contributed by atoms with Crippen molar-refractivity contribution in [1.82, 2.24) is 10.2 Å². The summed E-state index contributed by atoms with van der Waals surface area (Å²) in [6.07, 6.45) is 0.952. The van der Waals surface area contributed by atoms with E-state index >= 15 is 0 Å². The summed E-state index contributed by atoms with van der Waals surface area (Å²) in [6.45, 7) is 7.47. The number of benzene rings is 1. The first-order valence-corrected chi connectivity index (χ1v) is 8.08. The number of ether oxygens (including phenoxy) is 1. The van der Waals surface area contributed by atoms with Crippen molar-refractivity contribution in [3.63, 3.8) is 0 Å². The van der Waals surface area contributed by atoms with Crippen LogP contribution in [-0.4, -0.2) is 42.1 Å². The number of amides is 2. The molecule has 6 heteroatoms. The molecule has 0 aromatic heterocycles. The van der Waals surface area contributed by atoms with Crippen molar-refractivity contribution in [3.05, 3.63) is 35.6 Å². The topological polar surface area (TPSA) is 58.6 Å². The Labute approximate surface area is 143 Å². The molecule has 0 fully saturated rings. The Morgan fingerprint density at radius 1 is 1.25 bits per heavy atom. The molecule has 0 radical (unpaired) electrons. The van der Waals surface area contributed by atoms with Crippen LogP contribution in [0.25, 0.3) is 0 Å². The zero-order chi connectivity index (χ0) is 18.3. The van der Waals surface area contributed by atoms with Crippen LogP contribution in [0.2, 0.25) is 0 Å². The second-order valence-corrected chi connectivity index (χ2v) is 6.79. The molecular formula is C18H27FN2O3. The van der Waals surface area contributed by atoms with Crippen molar-refractivity contribution < 1.29 is 18.7 Å². The SMILES string of the molecule is C[C@H](C(=O)NCCCc1ccc(F)cc1)N(C)C(=O)OC(C)(C)C. The molecule has 24 heavy (non-hydrogen) atoms. The van der Waals surface area contributed by atoms with E-state index in [0.717, 1.165) is 18.4 Å². The maximum absolute atomic E-state index is 12.8. The smallest absolute Gasteiger partial charge is 0.410 e. The van der Waals surface area contributed by atoms with Gasteiger partial charge < -0.3 is 10.1 Å². The largest absolute Gasteiger partial charge is 0.444 e. The number of likely N-dealkylation sites (N-methyl/N-ethyl adjacent to an activating group) is 1. The van der Waals surface area contributed by atoms with Gasteiger partial charge in [-0.2, -0.15) is 0 Å². The lowest BCUT2D eigenvalue weighted by molar-refractivity contribution is -0.125. The maximum Gasteiger partial charge on any atom is 0.410 e. The number of nitrogens with one attached hydrogen (secondary N) is 1. The van der Waals surface area contributed by atoms with Gasteiger partial charge in [-0.3, -0.25) is 9.69 Å². The molecule has 0 heterocycles. The molecule has 1 aromatic rings. The van der Waals surface area contributed by atoms with Crippen molar-refractivity contribution in [2.75, 3.05) is 13.6 Å². The minimum atomic E-state index is -0.620. The standard InChI is InChI=1S/C18H27FN2O3/c1-13(21(5)17(23)24-18(2,3)4)16(22)20-12-6-7-14-8-10-15(19)11-9-14/h8-11,13H,6-7,12H2,1-5H3,(H,20,22)/t13-/m1/s1. The van der Waals surface area contributed by atoms with Gasteiger partial charge >= 0.3 is 6.09 Å². The Hall–Kier alpha value is -2.11. The first-order valence-electron chi connectivity index (χ1n) is 8.08. The molecule has 0 bridgehead atoms. The molecule has 2 amide bonds. The lowest BCUT2D eigenvalue weighted by atomic mass is 10.1. The molecule has 1 aromatic carbocycles. The molecule has 0 saturated carbocycles.